The van der Waals surface area contributed by atoms with Gasteiger partial charge in [0.2, 0.25) is 0 Å². The quantitative estimate of drug-likeness (QED) is 0.391. The predicted molar refractivity (Wildman–Crippen MR) is 132 cm³/mol. The number of thiophene rings is 1. The van der Waals surface area contributed by atoms with E-state index < -0.39 is 34.9 Å². The molecule has 200 valence electrons. The molecule has 10 heteroatoms. The van der Waals surface area contributed by atoms with E-state index in [1.165, 1.54) is 6.07 Å². The van der Waals surface area contributed by atoms with Gasteiger partial charge in [0.15, 0.2) is 5.13 Å². The van der Waals surface area contributed by atoms with E-state index >= 15 is 0 Å². The largest absolute Gasteiger partial charge is 0.447 e. The van der Waals surface area contributed by atoms with Gasteiger partial charge in [-0.05, 0) is 91.1 Å². The van der Waals surface area contributed by atoms with Gasteiger partial charge in [-0.1, -0.05) is 6.07 Å². The molecule has 0 bridgehead atoms. The fourth-order valence-corrected chi connectivity index (χ4v) is 5.75. The Morgan fingerprint density at radius 2 is 1.92 bits per heavy atom. The van der Waals surface area contributed by atoms with E-state index in [2.05, 4.69) is 10.3 Å². The molecule has 5 nitrogen and oxygen atoms in total. The number of rotatable bonds is 8. The molecule has 1 saturated heterocycles. The molecular weight excluding hydrogens is 494 g/mol. The summed E-state index contributed by atoms with van der Waals surface area (Å²) in [6.45, 7) is 10.5. The van der Waals surface area contributed by atoms with Crippen molar-refractivity contribution in [3.05, 3.63) is 51.7 Å². The van der Waals surface area contributed by atoms with Crippen molar-refractivity contribution < 1.29 is 27.1 Å². The summed E-state index contributed by atoms with van der Waals surface area (Å²) in [5, 5.41) is 1.83. The molecule has 0 radical (unpaired) electrons. The molecule has 1 unspecified atom stereocenters. The minimum Gasteiger partial charge on any atom is -0.447 e. The SMILES string of the molecule is Cc1ccc(C(C)(C)N2CC[C@@](CCc3ccc(F)s3)(C(C)(NC(=O)OC(C)C)C(F)(F)F)C2)cn1. The number of likely N-dealkylation sites (tertiary alicyclic amines) is 1. The van der Waals surface area contributed by atoms with Crippen LogP contribution in [-0.2, 0) is 16.7 Å². The number of aryl methyl sites for hydroxylation is 2. The minimum absolute atomic E-state index is 0.0830. The molecule has 1 N–H and O–H groups in total. The maximum atomic E-state index is 14.9. The molecule has 0 aliphatic carbocycles. The van der Waals surface area contributed by atoms with E-state index in [0.29, 0.717) is 11.4 Å². The number of ether oxygens (including phenoxy) is 1. The Hall–Kier alpha value is -2.20. The standard InChI is InChI=1S/C26H35F4N3O2S/c1-17(2)35-22(34)32-24(6,26(28,29)30)25(12-11-20-9-10-21(27)36-20)13-14-33(16-25)23(4,5)19-8-7-18(3)31-15-19/h7-10,15,17H,11-14,16H2,1-6H3,(H,32,34)/t24?,25-/m1/s1. The van der Waals surface area contributed by atoms with Crippen LogP contribution in [0, 0.1) is 17.5 Å². The fourth-order valence-electron chi connectivity index (χ4n) is 5.02. The van der Waals surface area contributed by atoms with Crippen molar-refractivity contribution in [2.45, 2.75) is 84.2 Å². The van der Waals surface area contributed by atoms with E-state index in [9.17, 15) is 22.4 Å². The highest BCUT2D eigenvalue weighted by Crippen LogP contribution is 2.53. The summed E-state index contributed by atoms with van der Waals surface area (Å²) in [6, 6.07) is 6.75. The maximum Gasteiger partial charge on any atom is 0.411 e. The second kappa shape index (κ2) is 10.3. The van der Waals surface area contributed by atoms with Crippen LogP contribution in [-0.4, -0.2) is 46.9 Å². The van der Waals surface area contributed by atoms with Crippen molar-refractivity contribution in [3.8, 4) is 0 Å². The van der Waals surface area contributed by atoms with Crippen molar-refractivity contribution in [3.63, 3.8) is 0 Å². The van der Waals surface area contributed by atoms with Gasteiger partial charge in [0.25, 0.3) is 0 Å². The van der Waals surface area contributed by atoms with Gasteiger partial charge in [0.05, 0.1) is 6.10 Å². The summed E-state index contributed by atoms with van der Waals surface area (Å²) in [4.78, 5) is 19.6. The Morgan fingerprint density at radius 1 is 1.22 bits per heavy atom. The van der Waals surface area contributed by atoms with Crippen molar-refractivity contribution in [1.82, 2.24) is 15.2 Å². The van der Waals surface area contributed by atoms with Gasteiger partial charge in [-0.3, -0.25) is 9.88 Å². The topological polar surface area (TPSA) is 54.5 Å². The van der Waals surface area contributed by atoms with Gasteiger partial charge in [0, 0.05) is 34.3 Å². The van der Waals surface area contributed by atoms with Gasteiger partial charge >= 0.3 is 12.3 Å². The number of carbonyl (C=O) groups is 1. The lowest BCUT2D eigenvalue weighted by Crippen LogP contribution is -2.67. The normalized spacial score (nSPS) is 21.0. The molecule has 3 rings (SSSR count). The average molecular weight is 530 g/mol. The van der Waals surface area contributed by atoms with Crippen molar-refractivity contribution in [2.24, 2.45) is 5.41 Å². The van der Waals surface area contributed by atoms with E-state index in [1.807, 2.05) is 37.8 Å². The van der Waals surface area contributed by atoms with Crippen molar-refractivity contribution >= 4 is 17.4 Å². The zero-order chi connectivity index (χ0) is 26.9. The fraction of sp³-hybridized carbons (Fsp3) is 0.615. The number of hydrogen-bond donors (Lipinski definition) is 1. The number of nitrogens with one attached hydrogen (secondary N) is 1. The first-order chi connectivity index (χ1) is 16.6. The second-order valence-corrected chi connectivity index (χ2v) is 11.7. The number of alkyl halides is 3. The summed E-state index contributed by atoms with van der Waals surface area (Å²) in [5.41, 5.74) is -2.80. The Morgan fingerprint density at radius 3 is 2.44 bits per heavy atom. The molecule has 1 fully saturated rings. The van der Waals surface area contributed by atoms with Crippen LogP contribution < -0.4 is 5.32 Å². The summed E-state index contributed by atoms with van der Waals surface area (Å²) in [5.74, 6) is 0. The van der Waals surface area contributed by atoms with Gasteiger partial charge in [0.1, 0.15) is 5.54 Å². The molecule has 1 aliphatic heterocycles. The third kappa shape index (κ3) is 5.69. The molecule has 3 heterocycles. The zero-order valence-corrected chi connectivity index (χ0v) is 22.4. The smallest absolute Gasteiger partial charge is 0.411 e. The Bertz CT molecular complexity index is 1050. The number of halogens is 4. The first-order valence-electron chi connectivity index (χ1n) is 12.1. The minimum atomic E-state index is -4.75. The second-order valence-electron chi connectivity index (χ2n) is 10.6. The third-order valence-electron chi connectivity index (χ3n) is 7.56. The Kier molecular flexibility index (Phi) is 8.10. The molecule has 2 aromatic rings. The van der Waals surface area contributed by atoms with Crippen LogP contribution in [0.5, 0.6) is 0 Å². The lowest BCUT2D eigenvalue weighted by Gasteiger charge is -2.48. The van der Waals surface area contributed by atoms with Crippen molar-refractivity contribution in [1.29, 1.82) is 0 Å². The van der Waals surface area contributed by atoms with E-state index in [1.54, 1.807) is 26.1 Å². The summed E-state index contributed by atoms with van der Waals surface area (Å²) >= 11 is 0.933. The number of carbonyl (C=O) groups excluding carboxylic acids is 1. The average Bonchev–Trinajstić information content (AvgIpc) is 3.38. The highest BCUT2D eigenvalue weighted by molar-refractivity contribution is 7.10. The summed E-state index contributed by atoms with van der Waals surface area (Å²) in [6.07, 6.45) is -4.10. The predicted octanol–water partition coefficient (Wildman–Crippen LogP) is 6.61. The molecule has 1 amide bonds. The molecule has 0 saturated carbocycles. The lowest BCUT2D eigenvalue weighted by atomic mass is 9.66. The van der Waals surface area contributed by atoms with Gasteiger partial charge in [-0.2, -0.15) is 17.6 Å². The van der Waals surface area contributed by atoms with Crippen LogP contribution in [0.4, 0.5) is 22.4 Å². The molecule has 36 heavy (non-hydrogen) atoms. The Balaban J connectivity index is 2.01. The number of amides is 1. The Labute approximate surface area is 214 Å². The molecule has 1 aliphatic rings. The molecular formula is C26H35F4N3O2S. The third-order valence-corrected chi connectivity index (χ3v) is 8.50. The van der Waals surface area contributed by atoms with E-state index in [0.717, 1.165) is 29.5 Å². The molecule has 2 atom stereocenters. The van der Waals surface area contributed by atoms with Crippen LogP contribution in [0.3, 0.4) is 0 Å². The first kappa shape index (κ1) is 28.4. The van der Waals surface area contributed by atoms with Crippen LogP contribution in [0.1, 0.15) is 63.6 Å². The van der Waals surface area contributed by atoms with E-state index in [-0.39, 0.29) is 30.9 Å². The summed E-state index contributed by atoms with van der Waals surface area (Å²) < 4.78 is 63.3. The van der Waals surface area contributed by atoms with Crippen LogP contribution in [0.2, 0.25) is 0 Å². The van der Waals surface area contributed by atoms with Gasteiger partial charge in [-0.15, -0.1) is 11.3 Å². The number of aromatic nitrogens is 1. The number of alkyl carbamates (subject to hydrolysis) is 1. The number of pyridine rings is 1. The zero-order valence-electron chi connectivity index (χ0n) is 21.6. The number of nitrogens with zero attached hydrogens (tertiary/aromatic N) is 2. The first-order valence-corrected chi connectivity index (χ1v) is 12.9. The van der Waals surface area contributed by atoms with Crippen molar-refractivity contribution in [2.75, 3.05) is 13.1 Å². The van der Waals surface area contributed by atoms with Gasteiger partial charge < -0.3 is 10.1 Å². The maximum absolute atomic E-state index is 14.9. The number of hydrogen-bond acceptors (Lipinski definition) is 5. The monoisotopic (exact) mass is 529 g/mol. The highest BCUT2D eigenvalue weighted by Gasteiger charge is 2.66. The van der Waals surface area contributed by atoms with Gasteiger partial charge in [-0.25, -0.2) is 4.79 Å². The highest BCUT2D eigenvalue weighted by atomic mass is 32.1. The molecule has 0 spiro atoms. The van der Waals surface area contributed by atoms with Crippen LogP contribution in [0.25, 0.3) is 0 Å². The van der Waals surface area contributed by atoms with E-state index in [4.69, 9.17) is 4.74 Å². The van der Waals surface area contributed by atoms with Crippen LogP contribution >= 0.6 is 11.3 Å². The molecule has 0 aromatic carbocycles. The lowest BCUT2D eigenvalue weighted by molar-refractivity contribution is -0.225. The van der Waals surface area contributed by atoms with Crippen LogP contribution in [0.15, 0.2) is 30.5 Å². The summed E-state index contributed by atoms with van der Waals surface area (Å²) in [7, 11) is 0. The molecule has 2 aromatic heterocycles.